The molecule has 0 amide bonds. The number of likely N-dealkylation sites (N-methyl/N-ethyl adjacent to an activating group) is 1. The van der Waals surface area contributed by atoms with Gasteiger partial charge in [0, 0.05) is 43.6 Å². The molecule has 1 aliphatic heterocycles. The first-order chi connectivity index (χ1) is 7.36. The number of hydrogen-bond donors (Lipinski definition) is 2. The van der Waals surface area contributed by atoms with Gasteiger partial charge in [-0.15, -0.1) is 11.3 Å². The van der Waals surface area contributed by atoms with E-state index in [4.69, 9.17) is 0 Å². The predicted octanol–water partition coefficient (Wildman–Crippen LogP) is 0.741. The Kier molecular flexibility index (Phi) is 4.14. The van der Waals surface area contributed by atoms with E-state index in [0.717, 1.165) is 32.7 Å². The summed E-state index contributed by atoms with van der Waals surface area (Å²) in [5.41, 5.74) is 0. The van der Waals surface area contributed by atoms with Gasteiger partial charge in [0.25, 0.3) is 0 Å². The molecule has 0 saturated carbocycles. The van der Waals surface area contributed by atoms with Crippen LogP contribution in [0.15, 0.2) is 17.5 Å². The van der Waals surface area contributed by atoms with E-state index in [9.17, 15) is 0 Å². The maximum absolute atomic E-state index is 3.52. The van der Waals surface area contributed by atoms with Gasteiger partial charge in [-0.25, -0.2) is 0 Å². The van der Waals surface area contributed by atoms with Crippen molar-refractivity contribution in [1.82, 2.24) is 15.5 Å². The summed E-state index contributed by atoms with van der Waals surface area (Å²) >= 11 is 1.82. The Balaban J connectivity index is 1.68. The third-order valence-electron chi connectivity index (χ3n) is 2.90. The summed E-state index contributed by atoms with van der Waals surface area (Å²) in [7, 11) is 2.21. The molecule has 2 N–H and O–H groups in total. The van der Waals surface area contributed by atoms with E-state index in [1.165, 1.54) is 4.88 Å². The van der Waals surface area contributed by atoms with Crippen LogP contribution in [-0.2, 0) is 6.54 Å². The minimum Gasteiger partial charge on any atom is -0.314 e. The van der Waals surface area contributed by atoms with Crippen LogP contribution in [0, 0.1) is 0 Å². The first-order valence-corrected chi connectivity index (χ1v) is 6.38. The minimum atomic E-state index is 0.638. The zero-order valence-corrected chi connectivity index (χ0v) is 10.0. The molecular formula is C11H19N3S. The van der Waals surface area contributed by atoms with Crippen molar-refractivity contribution in [3.63, 3.8) is 0 Å². The van der Waals surface area contributed by atoms with Crippen LogP contribution in [0.2, 0.25) is 0 Å². The molecule has 4 heteroatoms. The Morgan fingerprint density at radius 3 is 3.33 bits per heavy atom. The fourth-order valence-corrected chi connectivity index (χ4v) is 2.54. The minimum absolute atomic E-state index is 0.638. The Labute approximate surface area is 95.5 Å². The number of piperazine rings is 1. The van der Waals surface area contributed by atoms with E-state index in [0.29, 0.717) is 6.04 Å². The van der Waals surface area contributed by atoms with E-state index in [1.807, 2.05) is 11.3 Å². The number of hydrogen-bond acceptors (Lipinski definition) is 4. The van der Waals surface area contributed by atoms with Gasteiger partial charge < -0.3 is 10.6 Å². The molecule has 0 aliphatic carbocycles. The summed E-state index contributed by atoms with van der Waals surface area (Å²) in [4.78, 5) is 3.85. The molecule has 15 heavy (non-hydrogen) atoms. The van der Waals surface area contributed by atoms with Crippen molar-refractivity contribution in [2.75, 3.05) is 33.2 Å². The van der Waals surface area contributed by atoms with Gasteiger partial charge in [-0.3, -0.25) is 4.90 Å². The highest BCUT2D eigenvalue weighted by Crippen LogP contribution is 2.07. The molecule has 0 aromatic carbocycles. The smallest absolute Gasteiger partial charge is 0.0342 e. The average molecular weight is 225 g/mol. The van der Waals surface area contributed by atoms with E-state index in [-0.39, 0.29) is 0 Å². The molecular weight excluding hydrogens is 206 g/mol. The largest absolute Gasteiger partial charge is 0.314 e. The quantitative estimate of drug-likeness (QED) is 0.791. The van der Waals surface area contributed by atoms with Gasteiger partial charge in [0.2, 0.25) is 0 Å². The molecule has 3 nitrogen and oxygen atoms in total. The topological polar surface area (TPSA) is 27.3 Å². The fourth-order valence-electron chi connectivity index (χ4n) is 1.87. The molecule has 0 radical (unpaired) electrons. The summed E-state index contributed by atoms with van der Waals surface area (Å²) in [5, 5.41) is 9.08. The lowest BCUT2D eigenvalue weighted by Crippen LogP contribution is -2.53. The Bertz CT molecular complexity index is 273. The molecule has 0 spiro atoms. The summed E-state index contributed by atoms with van der Waals surface area (Å²) in [6.07, 6.45) is 0. The monoisotopic (exact) mass is 225 g/mol. The summed E-state index contributed by atoms with van der Waals surface area (Å²) in [6, 6.07) is 4.93. The van der Waals surface area contributed by atoms with Gasteiger partial charge in [-0.1, -0.05) is 6.07 Å². The second-order valence-corrected chi connectivity index (χ2v) is 5.08. The lowest BCUT2D eigenvalue weighted by Gasteiger charge is -2.33. The molecule has 0 bridgehead atoms. The lowest BCUT2D eigenvalue weighted by molar-refractivity contribution is 0.195. The van der Waals surface area contributed by atoms with E-state index in [2.05, 4.69) is 40.1 Å². The maximum atomic E-state index is 3.52. The van der Waals surface area contributed by atoms with Crippen molar-refractivity contribution in [2.24, 2.45) is 0 Å². The predicted molar refractivity (Wildman–Crippen MR) is 65.3 cm³/mol. The van der Waals surface area contributed by atoms with Crippen LogP contribution >= 0.6 is 11.3 Å². The van der Waals surface area contributed by atoms with Crippen molar-refractivity contribution in [3.05, 3.63) is 22.4 Å². The average Bonchev–Trinajstić information content (AvgIpc) is 2.74. The van der Waals surface area contributed by atoms with Crippen molar-refractivity contribution >= 4 is 11.3 Å². The Morgan fingerprint density at radius 1 is 1.67 bits per heavy atom. The van der Waals surface area contributed by atoms with Crippen LogP contribution in [-0.4, -0.2) is 44.2 Å². The van der Waals surface area contributed by atoms with E-state index >= 15 is 0 Å². The van der Waals surface area contributed by atoms with Crippen LogP contribution < -0.4 is 10.6 Å². The van der Waals surface area contributed by atoms with Gasteiger partial charge in [0.1, 0.15) is 0 Å². The summed E-state index contributed by atoms with van der Waals surface area (Å²) in [5.74, 6) is 0. The molecule has 1 aliphatic rings. The second-order valence-electron chi connectivity index (χ2n) is 4.05. The van der Waals surface area contributed by atoms with Gasteiger partial charge >= 0.3 is 0 Å². The van der Waals surface area contributed by atoms with Crippen LogP contribution in [0.1, 0.15) is 4.88 Å². The first-order valence-electron chi connectivity index (χ1n) is 5.50. The Morgan fingerprint density at radius 2 is 2.60 bits per heavy atom. The molecule has 2 heterocycles. The van der Waals surface area contributed by atoms with E-state index < -0.39 is 0 Å². The summed E-state index contributed by atoms with van der Waals surface area (Å²) in [6.45, 7) is 5.46. The maximum Gasteiger partial charge on any atom is 0.0342 e. The Hall–Kier alpha value is -0.420. The fraction of sp³-hybridized carbons (Fsp3) is 0.636. The second kappa shape index (κ2) is 5.61. The van der Waals surface area contributed by atoms with Crippen LogP contribution in [0.25, 0.3) is 0 Å². The lowest BCUT2D eigenvalue weighted by atomic mass is 10.2. The first kappa shape index (κ1) is 11.1. The highest BCUT2D eigenvalue weighted by atomic mass is 32.1. The molecule has 1 aromatic heterocycles. The standard InChI is InChI=1S/C11H19N3S/c1-14-5-4-12-7-10(14)8-13-9-11-3-2-6-15-11/h2-3,6,10,12-13H,4-5,7-9H2,1H3. The highest BCUT2D eigenvalue weighted by Gasteiger charge is 2.17. The third-order valence-corrected chi connectivity index (χ3v) is 3.78. The molecule has 84 valence electrons. The number of rotatable bonds is 4. The van der Waals surface area contributed by atoms with Gasteiger partial charge in [-0.05, 0) is 18.5 Å². The number of nitrogens with zero attached hydrogens (tertiary/aromatic N) is 1. The number of thiophene rings is 1. The van der Waals surface area contributed by atoms with Gasteiger partial charge in [0.15, 0.2) is 0 Å². The number of nitrogens with one attached hydrogen (secondary N) is 2. The van der Waals surface area contributed by atoms with Crippen molar-refractivity contribution in [2.45, 2.75) is 12.6 Å². The third kappa shape index (κ3) is 3.28. The van der Waals surface area contributed by atoms with Crippen molar-refractivity contribution < 1.29 is 0 Å². The molecule has 1 fully saturated rings. The molecule has 1 unspecified atom stereocenters. The zero-order chi connectivity index (χ0) is 10.5. The highest BCUT2D eigenvalue weighted by molar-refractivity contribution is 7.09. The molecule has 1 atom stereocenters. The van der Waals surface area contributed by atoms with Crippen LogP contribution in [0.4, 0.5) is 0 Å². The normalized spacial score (nSPS) is 23.1. The van der Waals surface area contributed by atoms with Crippen LogP contribution in [0.3, 0.4) is 0 Å². The molecule has 1 saturated heterocycles. The van der Waals surface area contributed by atoms with Crippen LogP contribution in [0.5, 0.6) is 0 Å². The van der Waals surface area contributed by atoms with Crippen molar-refractivity contribution in [3.8, 4) is 0 Å². The van der Waals surface area contributed by atoms with E-state index in [1.54, 1.807) is 0 Å². The molecule has 2 rings (SSSR count). The summed E-state index contributed by atoms with van der Waals surface area (Å²) < 4.78 is 0. The van der Waals surface area contributed by atoms with Crippen molar-refractivity contribution in [1.29, 1.82) is 0 Å². The SMILES string of the molecule is CN1CCNCC1CNCc1cccs1. The van der Waals surface area contributed by atoms with Gasteiger partial charge in [0.05, 0.1) is 0 Å². The molecule has 1 aromatic rings. The zero-order valence-electron chi connectivity index (χ0n) is 9.20. The van der Waals surface area contributed by atoms with Gasteiger partial charge in [-0.2, -0.15) is 0 Å².